The first-order chi connectivity index (χ1) is 8.19. The van der Waals surface area contributed by atoms with E-state index in [0.717, 1.165) is 38.2 Å². The molecule has 1 aromatic rings. The van der Waals surface area contributed by atoms with Crippen molar-refractivity contribution in [2.45, 2.75) is 39.2 Å². The number of hydrogen-bond donors (Lipinski definition) is 0. The minimum Gasteiger partial charge on any atom is -0.381 e. The van der Waals surface area contributed by atoms with Crippen LogP contribution in [0.5, 0.6) is 0 Å². The lowest BCUT2D eigenvalue weighted by atomic mass is 9.85. The van der Waals surface area contributed by atoms with Crippen LogP contribution in [0.3, 0.4) is 0 Å². The van der Waals surface area contributed by atoms with E-state index in [0.29, 0.717) is 11.9 Å². The highest BCUT2D eigenvalue weighted by Crippen LogP contribution is 2.33. The van der Waals surface area contributed by atoms with E-state index in [1.54, 1.807) is 0 Å². The molecule has 1 fully saturated rings. The van der Waals surface area contributed by atoms with Crippen LogP contribution in [-0.4, -0.2) is 28.9 Å². The van der Waals surface area contributed by atoms with Gasteiger partial charge in [0.25, 0.3) is 0 Å². The lowest BCUT2D eigenvalue weighted by molar-refractivity contribution is 0.160. The molecule has 0 spiro atoms. The van der Waals surface area contributed by atoms with E-state index in [1.165, 1.54) is 0 Å². The van der Waals surface area contributed by atoms with Crippen LogP contribution < -0.4 is 0 Å². The van der Waals surface area contributed by atoms with Gasteiger partial charge in [-0.2, -0.15) is 5.10 Å². The Morgan fingerprint density at radius 3 is 3.06 bits per heavy atom. The lowest BCUT2D eigenvalue weighted by Crippen LogP contribution is -2.26. The Kier molecular flexibility index (Phi) is 4.10. The van der Waals surface area contributed by atoms with Crippen LogP contribution in [0.1, 0.15) is 38.4 Å². The summed E-state index contributed by atoms with van der Waals surface area (Å²) < 4.78 is 7.53. The Balaban J connectivity index is 2.05. The van der Waals surface area contributed by atoms with Gasteiger partial charge in [-0.1, -0.05) is 6.92 Å². The summed E-state index contributed by atoms with van der Waals surface area (Å²) >= 11 is 6.10. The zero-order chi connectivity index (χ0) is 12.3. The first-order valence-corrected chi connectivity index (χ1v) is 6.90. The molecule has 2 unspecified atom stereocenters. The largest absolute Gasteiger partial charge is 0.381 e. The van der Waals surface area contributed by atoms with Crippen molar-refractivity contribution in [2.75, 3.05) is 19.1 Å². The van der Waals surface area contributed by atoms with Crippen LogP contribution in [0.4, 0.5) is 0 Å². The smallest absolute Gasteiger partial charge is 0.0631 e. The maximum absolute atomic E-state index is 6.10. The first kappa shape index (κ1) is 12.9. The summed E-state index contributed by atoms with van der Waals surface area (Å²) in [4.78, 5) is 0. The molecule has 1 aliphatic rings. The Labute approximate surface area is 108 Å². The van der Waals surface area contributed by atoms with Gasteiger partial charge in [-0.3, -0.25) is 4.68 Å². The summed E-state index contributed by atoms with van der Waals surface area (Å²) in [7, 11) is 0. The maximum Gasteiger partial charge on any atom is 0.0631 e. The third-order valence-electron chi connectivity index (χ3n) is 3.73. The van der Waals surface area contributed by atoms with Crippen LogP contribution in [0, 0.1) is 5.41 Å². The molecule has 4 heteroatoms. The SMILES string of the molecule is CCC(C)n1ccc(CC2(CCl)CCOC2)n1. The topological polar surface area (TPSA) is 27.1 Å². The molecule has 1 saturated heterocycles. The van der Waals surface area contributed by atoms with Crippen molar-refractivity contribution < 1.29 is 4.74 Å². The molecule has 0 aliphatic carbocycles. The molecule has 0 aromatic carbocycles. The molecule has 0 amide bonds. The van der Waals surface area contributed by atoms with E-state index in [9.17, 15) is 0 Å². The summed E-state index contributed by atoms with van der Waals surface area (Å²) in [5, 5.41) is 4.64. The second-order valence-corrected chi connectivity index (χ2v) is 5.42. The zero-order valence-corrected chi connectivity index (χ0v) is 11.4. The second kappa shape index (κ2) is 5.40. The second-order valence-electron chi connectivity index (χ2n) is 5.16. The number of nitrogens with zero attached hydrogens (tertiary/aromatic N) is 2. The van der Waals surface area contributed by atoms with E-state index in [4.69, 9.17) is 16.3 Å². The third kappa shape index (κ3) is 2.83. The van der Waals surface area contributed by atoms with Crippen molar-refractivity contribution in [1.29, 1.82) is 0 Å². The Morgan fingerprint density at radius 1 is 1.65 bits per heavy atom. The number of ether oxygens (including phenoxy) is 1. The predicted molar refractivity (Wildman–Crippen MR) is 69.5 cm³/mol. The van der Waals surface area contributed by atoms with E-state index in [-0.39, 0.29) is 5.41 Å². The van der Waals surface area contributed by atoms with Crippen LogP contribution in [0.15, 0.2) is 12.3 Å². The summed E-state index contributed by atoms with van der Waals surface area (Å²) in [5.41, 5.74) is 1.24. The molecule has 0 saturated carbocycles. The highest BCUT2D eigenvalue weighted by Gasteiger charge is 2.35. The Hall–Kier alpha value is -0.540. The van der Waals surface area contributed by atoms with Gasteiger partial charge in [0, 0.05) is 36.6 Å². The zero-order valence-electron chi connectivity index (χ0n) is 10.7. The van der Waals surface area contributed by atoms with Gasteiger partial charge >= 0.3 is 0 Å². The highest BCUT2D eigenvalue weighted by molar-refractivity contribution is 6.18. The van der Waals surface area contributed by atoms with E-state index < -0.39 is 0 Å². The van der Waals surface area contributed by atoms with Gasteiger partial charge in [0.05, 0.1) is 12.3 Å². The fraction of sp³-hybridized carbons (Fsp3) is 0.769. The summed E-state index contributed by atoms with van der Waals surface area (Å²) in [6, 6.07) is 2.58. The number of alkyl halides is 1. The van der Waals surface area contributed by atoms with Crippen molar-refractivity contribution in [3.05, 3.63) is 18.0 Å². The lowest BCUT2D eigenvalue weighted by Gasteiger charge is -2.23. The van der Waals surface area contributed by atoms with Crippen LogP contribution in [0.25, 0.3) is 0 Å². The molecule has 0 bridgehead atoms. The standard InChI is InChI=1S/C13H21ClN2O/c1-3-11(2)16-6-4-12(15-16)8-13(9-14)5-7-17-10-13/h4,6,11H,3,5,7-10H2,1-2H3. The minimum absolute atomic E-state index is 0.107. The molecule has 0 radical (unpaired) electrons. The quantitative estimate of drug-likeness (QED) is 0.758. The molecule has 2 atom stereocenters. The van der Waals surface area contributed by atoms with Crippen molar-refractivity contribution in [3.8, 4) is 0 Å². The molecule has 17 heavy (non-hydrogen) atoms. The number of halogens is 1. The third-order valence-corrected chi connectivity index (χ3v) is 4.30. The van der Waals surface area contributed by atoms with Crippen LogP contribution in [-0.2, 0) is 11.2 Å². The van der Waals surface area contributed by atoms with Gasteiger partial charge in [-0.05, 0) is 25.8 Å². The average molecular weight is 257 g/mol. The predicted octanol–water partition coefficient (Wildman–Crippen LogP) is 3.04. The van der Waals surface area contributed by atoms with Crippen molar-refractivity contribution in [2.24, 2.45) is 5.41 Å². The number of rotatable bonds is 5. The van der Waals surface area contributed by atoms with Gasteiger partial charge in [0.1, 0.15) is 0 Å². The molecular formula is C13H21ClN2O. The normalized spacial score (nSPS) is 26.3. The molecule has 3 nitrogen and oxygen atoms in total. The minimum atomic E-state index is 0.107. The van der Waals surface area contributed by atoms with Crippen LogP contribution in [0.2, 0.25) is 0 Å². The van der Waals surface area contributed by atoms with Crippen molar-refractivity contribution in [1.82, 2.24) is 9.78 Å². The number of aromatic nitrogens is 2. The molecule has 2 heterocycles. The number of hydrogen-bond acceptors (Lipinski definition) is 2. The first-order valence-electron chi connectivity index (χ1n) is 6.37. The molecule has 96 valence electrons. The summed E-state index contributed by atoms with van der Waals surface area (Å²) in [5.74, 6) is 0.656. The highest BCUT2D eigenvalue weighted by atomic mass is 35.5. The van der Waals surface area contributed by atoms with Gasteiger partial charge in [0.15, 0.2) is 0 Å². The average Bonchev–Trinajstić information content (AvgIpc) is 2.98. The van der Waals surface area contributed by atoms with E-state index in [1.807, 2.05) is 4.68 Å². The molecule has 1 aliphatic heterocycles. The maximum atomic E-state index is 6.10. The van der Waals surface area contributed by atoms with Crippen LogP contribution >= 0.6 is 11.6 Å². The van der Waals surface area contributed by atoms with Crippen molar-refractivity contribution >= 4 is 11.6 Å². The van der Waals surface area contributed by atoms with E-state index in [2.05, 4.69) is 31.2 Å². The van der Waals surface area contributed by atoms with Crippen molar-refractivity contribution in [3.63, 3.8) is 0 Å². The molecule has 2 rings (SSSR count). The fourth-order valence-electron chi connectivity index (χ4n) is 2.23. The molecular weight excluding hydrogens is 236 g/mol. The summed E-state index contributed by atoms with van der Waals surface area (Å²) in [6.07, 6.45) is 5.15. The van der Waals surface area contributed by atoms with E-state index >= 15 is 0 Å². The van der Waals surface area contributed by atoms with Gasteiger partial charge in [-0.25, -0.2) is 0 Å². The van der Waals surface area contributed by atoms with Gasteiger partial charge in [0.2, 0.25) is 0 Å². The summed E-state index contributed by atoms with van der Waals surface area (Å²) in [6.45, 7) is 5.97. The molecule has 1 aromatic heterocycles. The Morgan fingerprint density at radius 2 is 2.47 bits per heavy atom. The Bertz CT molecular complexity index is 358. The monoisotopic (exact) mass is 256 g/mol. The van der Waals surface area contributed by atoms with Gasteiger partial charge < -0.3 is 4.74 Å². The fourth-order valence-corrected chi connectivity index (χ4v) is 2.54. The van der Waals surface area contributed by atoms with Gasteiger partial charge in [-0.15, -0.1) is 11.6 Å². The molecule has 0 N–H and O–H groups in total.